The van der Waals surface area contributed by atoms with Crippen LogP contribution in [-0.2, 0) is 16.6 Å². The van der Waals surface area contributed by atoms with E-state index in [-0.39, 0.29) is 0 Å². The smallest absolute Gasteiger partial charge is 0.240 e. The highest BCUT2D eigenvalue weighted by Gasteiger charge is 2.16. The molecule has 0 aliphatic heterocycles. The van der Waals surface area contributed by atoms with E-state index < -0.39 is 10.0 Å². The Balaban J connectivity index is 2.76. The molecule has 0 saturated carbocycles. The summed E-state index contributed by atoms with van der Waals surface area (Å²) in [4.78, 5) is 0.337. The molecule has 114 valence electrons. The minimum atomic E-state index is -3.41. The third kappa shape index (κ3) is 5.23. The third-order valence-electron chi connectivity index (χ3n) is 3.52. The van der Waals surface area contributed by atoms with Crippen molar-refractivity contribution in [3.63, 3.8) is 0 Å². The first kappa shape index (κ1) is 17.1. The van der Waals surface area contributed by atoms with Crippen molar-refractivity contribution in [1.82, 2.24) is 10.0 Å². The molecule has 0 radical (unpaired) electrons. The second-order valence-electron chi connectivity index (χ2n) is 5.50. The van der Waals surface area contributed by atoms with Crippen molar-refractivity contribution in [2.45, 2.75) is 39.1 Å². The number of hydrogen-bond acceptors (Lipinski definition) is 3. The fourth-order valence-corrected chi connectivity index (χ4v) is 2.87. The molecule has 20 heavy (non-hydrogen) atoms. The maximum absolute atomic E-state index is 12.3. The predicted octanol–water partition coefficient (Wildman–Crippen LogP) is 2.37. The van der Waals surface area contributed by atoms with Crippen LogP contribution in [0.4, 0.5) is 0 Å². The summed E-state index contributed by atoms with van der Waals surface area (Å²) in [6, 6.07) is 7.08. The number of sulfonamides is 1. The molecular weight excluding hydrogens is 272 g/mol. The van der Waals surface area contributed by atoms with E-state index in [1.165, 1.54) is 0 Å². The summed E-state index contributed by atoms with van der Waals surface area (Å²) in [5, 5.41) is 3.19. The van der Waals surface area contributed by atoms with E-state index in [0.29, 0.717) is 29.8 Å². The molecule has 1 aromatic carbocycles. The first-order chi connectivity index (χ1) is 9.36. The molecule has 0 amide bonds. The van der Waals surface area contributed by atoms with Crippen molar-refractivity contribution in [1.29, 1.82) is 0 Å². The van der Waals surface area contributed by atoms with Crippen LogP contribution in [0.3, 0.4) is 0 Å². The van der Waals surface area contributed by atoms with Gasteiger partial charge in [0.1, 0.15) is 0 Å². The van der Waals surface area contributed by atoms with Gasteiger partial charge in [0.2, 0.25) is 10.0 Å². The summed E-state index contributed by atoms with van der Waals surface area (Å²) in [6.07, 6.45) is 0. The van der Waals surface area contributed by atoms with Crippen molar-refractivity contribution in [3.05, 3.63) is 29.8 Å². The molecule has 0 fully saturated rings. The Morgan fingerprint density at radius 1 is 1.20 bits per heavy atom. The predicted molar refractivity (Wildman–Crippen MR) is 83.0 cm³/mol. The van der Waals surface area contributed by atoms with Crippen LogP contribution >= 0.6 is 0 Å². The summed E-state index contributed by atoms with van der Waals surface area (Å²) in [7, 11) is -3.41. The van der Waals surface area contributed by atoms with Crippen molar-refractivity contribution in [3.8, 4) is 0 Å². The molecule has 0 saturated heterocycles. The van der Waals surface area contributed by atoms with Crippen LogP contribution in [0.15, 0.2) is 29.2 Å². The number of nitrogens with one attached hydrogen (secondary N) is 2. The molecule has 5 heteroatoms. The highest BCUT2D eigenvalue weighted by atomic mass is 32.2. The van der Waals surface area contributed by atoms with E-state index in [1.54, 1.807) is 18.2 Å². The quantitative estimate of drug-likeness (QED) is 0.774. The molecule has 0 aliphatic carbocycles. The maximum atomic E-state index is 12.3. The third-order valence-corrected chi connectivity index (χ3v) is 4.94. The fraction of sp³-hybridized carbons (Fsp3) is 0.600. The minimum absolute atomic E-state index is 0.315. The second kappa shape index (κ2) is 7.76. The van der Waals surface area contributed by atoms with Gasteiger partial charge in [-0.25, -0.2) is 13.1 Å². The molecule has 0 spiro atoms. The number of benzene rings is 1. The molecule has 2 N–H and O–H groups in total. The molecule has 1 unspecified atom stereocenters. The fourth-order valence-electron chi connectivity index (χ4n) is 1.65. The second-order valence-corrected chi connectivity index (χ2v) is 7.27. The van der Waals surface area contributed by atoms with E-state index >= 15 is 0 Å². The lowest BCUT2D eigenvalue weighted by molar-refractivity contribution is 0.414. The highest BCUT2D eigenvalue weighted by molar-refractivity contribution is 7.89. The van der Waals surface area contributed by atoms with Gasteiger partial charge in [-0.1, -0.05) is 39.8 Å². The zero-order valence-electron chi connectivity index (χ0n) is 12.8. The van der Waals surface area contributed by atoms with E-state index in [2.05, 4.69) is 30.8 Å². The average molecular weight is 298 g/mol. The van der Waals surface area contributed by atoms with Crippen LogP contribution in [0.1, 0.15) is 33.3 Å². The van der Waals surface area contributed by atoms with Crippen molar-refractivity contribution in [2.75, 3.05) is 13.1 Å². The minimum Gasteiger partial charge on any atom is -0.313 e. The Bertz CT molecular complexity index is 512. The zero-order chi connectivity index (χ0) is 15.2. The lowest BCUT2D eigenvalue weighted by Gasteiger charge is -2.16. The summed E-state index contributed by atoms with van der Waals surface area (Å²) < 4.78 is 27.2. The monoisotopic (exact) mass is 298 g/mol. The lowest BCUT2D eigenvalue weighted by atomic mass is 9.99. The molecule has 0 aromatic heterocycles. The SMILES string of the molecule is CCNCc1cccc(S(=O)(=O)NCC(C)C(C)C)c1. The summed E-state index contributed by atoms with van der Waals surface area (Å²) >= 11 is 0. The van der Waals surface area contributed by atoms with Crippen molar-refractivity contribution in [2.24, 2.45) is 11.8 Å². The average Bonchev–Trinajstić information content (AvgIpc) is 2.42. The normalized spacial score (nSPS) is 13.7. The lowest BCUT2D eigenvalue weighted by Crippen LogP contribution is -2.30. The van der Waals surface area contributed by atoms with Gasteiger partial charge in [0.25, 0.3) is 0 Å². The molecule has 0 heterocycles. The van der Waals surface area contributed by atoms with Crippen LogP contribution < -0.4 is 10.0 Å². The van der Waals surface area contributed by atoms with Gasteiger partial charge >= 0.3 is 0 Å². The highest BCUT2D eigenvalue weighted by Crippen LogP contribution is 2.13. The van der Waals surface area contributed by atoms with Crippen LogP contribution in [0.25, 0.3) is 0 Å². The van der Waals surface area contributed by atoms with Gasteiger partial charge in [0, 0.05) is 13.1 Å². The Kier molecular flexibility index (Phi) is 6.65. The Morgan fingerprint density at radius 2 is 1.90 bits per heavy atom. The first-order valence-corrected chi connectivity index (χ1v) is 8.64. The maximum Gasteiger partial charge on any atom is 0.240 e. The Hall–Kier alpha value is -0.910. The number of hydrogen-bond donors (Lipinski definition) is 2. The van der Waals surface area contributed by atoms with Gasteiger partial charge in [-0.15, -0.1) is 0 Å². The van der Waals surface area contributed by atoms with Gasteiger partial charge in [-0.05, 0) is 36.1 Å². The van der Waals surface area contributed by atoms with Crippen molar-refractivity contribution >= 4 is 10.0 Å². The molecule has 1 atom stereocenters. The molecular formula is C15H26N2O2S. The van der Waals surface area contributed by atoms with Crippen LogP contribution in [0, 0.1) is 11.8 Å². The molecule has 1 rings (SSSR count). The Morgan fingerprint density at radius 3 is 2.50 bits per heavy atom. The Labute approximate surface area is 123 Å². The van der Waals surface area contributed by atoms with Gasteiger partial charge in [0.15, 0.2) is 0 Å². The topological polar surface area (TPSA) is 58.2 Å². The van der Waals surface area contributed by atoms with Crippen molar-refractivity contribution < 1.29 is 8.42 Å². The summed E-state index contributed by atoms with van der Waals surface area (Å²) in [6.45, 7) is 10.3. The van der Waals surface area contributed by atoms with E-state index in [0.717, 1.165) is 12.1 Å². The molecule has 0 bridgehead atoms. The van der Waals surface area contributed by atoms with E-state index in [1.807, 2.05) is 13.0 Å². The van der Waals surface area contributed by atoms with Crippen LogP contribution in [0.2, 0.25) is 0 Å². The van der Waals surface area contributed by atoms with Gasteiger partial charge < -0.3 is 5.32 Å². The van der Waals surface area contributed by atoms with Gasteiger partial charge in [-0.3, -0.25) is 0 Å². The van der Waals surface area contributed by atoms with E-state index in [4.69, 9.17) is 0 Å². The van der Waals surface area contributed by atoms with E-state index in [9.17, 15) is 8.42 Å². The van der Waals surface area contributed by atoms with Gasteiger partial charge in [0.05, 0.1) is 4.90 Å². The standard InChI is InChI=1S/C15H26N2O2S/c1-5-16-11-14-7-6-8-15(9-14)20(18,19)17-10-13(4)12(2)3/h6-9,12-13,16-17H,5,10-11H2,1-4H3. The largest absolute Gasteiger partial charge is 0.313 e. The number of rotatable bonds is 8. The molecule has 4 nitrogen and oxygen atoms in total. The summed E-state index contributed by atoms with van der Waals surface area (Å²) in [5.74, 6) is 0.771. The molecule has 1 aromatic rings. The van der Waals surface area contributed by atoms with Gasteiger partial charge in [-0.2, -0.15) is 0 Å². The van der Waals surface area contributed by atoms with Crippen LogP contribution in [0.5, 0.6) is 0 Å². The van der Waals surface area contributed by atoms with Crippen LogP contribution in [-0.4, -0.2) is 21.5 Å². The first-order valence-electron chi connectivity index (χ1n) is 7.16. The zero-order valence-corrected chi connectivity index (χ0v) is 13.6. The molecule has 0 aliphatic rings. The summed E-state index contributed by atoms with van der Waals surface area (Å²) in [5.41, 5.74) is 0.978.